The van der Waals surface area contributed by atoms with E-state index in [0.29, 0.717) is 45.1 Å². The molecule has 0 saturated carbocycles. The number of nitrogens with one attached hydrogen (secondary N) is 4. The SMILES string of the molecule is O=C(CCl)Nc1ccc2c(c1)Sc1cccc(-c3cc(N4CCOCC4)cc(=O)[nH]3)c1S2.O=C(CN1C2CCC1COC2)Nc1ccc2c(c1)Sc1cccc(-c3cc(N4CCOCC4)cc(=O)[nH]3)c1S2. The molecule has 0 spiro atoms. The summed E-state index contributed by atoms with van der Waals surface area (Å²) in [6.45, 7) is 7.63. The molecule has 6 aliphatic heterocycles. The number of carbonyl (C=O) groups is 2. The molecule has 2 unspecified atom stereocenters. The Morgan fingerprint density at radius 3 is 1.52 bits per heavy atom. The van der Waals surface area contributed by atoms with Gasteiger partial charge in [0.2, 0.25) is 22.9 Å². The molecule has 4 saturated heterocycles. The molecule has 8 heterocycles. The van der Waals surface area contributed by atoms with Gasteiger partial charge in [-0.25, -0.2) is 0 Å². The van der Waals surface area contributed by atoms with Crippen LogP contribution in [0, 0.1) is 0 Å². The van der Waals surface area contributed by atoms with Crippen molar-refractivity contribution < 1.29 is 23.8 Å². The minimum absolute atomic E-state index is 0.0222. The van der Waals surface area contributed by atoms with Gasteiger partial charge in [-0.15, -0.1) is 11.6 Å². The zero-order valence-corrected chi connectivity index (χ0v) is 42.5. The number of rotatable bonds is 9. The first kappa shape index (κ1) is 48.1. The number of hydrogen-bond donors (Lipinski definition) is 4. The average molecular weight is 1050 g/mol. The molecule has 14 nitrogen and oxygen atoms in total. The standard InChI is InChI=1S/C29H30N4O4S2.C23H20ClN3O3S2/c34-27-14-21(32-8-10-36-11-9-32)13-23(31-27)22-2-1-3-25-29(22)39-24-7-4-18(12-26(24)38-25)30-28(35)15-33-19-5-6-20(33)17-37-16-19;24-13-22(29)25-14-4-5-18-20(10-14)31-19-3-1-2-16(23(19)32-18)17-11-15(12-21(28)26-17)27-6-8-30-9-7-27/h1-4,7,12-14,19-20H,5-6,8-11,15-17H2,(H,30,35)(H,31,34);1-5,10-12H,6-9,13H2,(H,25,29)(H,26,28). The molecule has 6 aromatic rings. The number of alkyl halides is 1. The van der Waals surface area contributed by atoms with Crippen molar-refractivity contribution in [3.05, 3.63) is 118 Å². The van der Waals surface area contributed by atoms with Gasteiger partial charge in [-0.3, -0.25) is 24.1 Å². The molecule has 71 heavy (non-hydrogen) atoms. The zero-order chi connectivity index (χ0) is 48.4. The van der Waals surface area contributed by atoms with E-state index < -0.39 is 0 Å². The number of nitrogens with zero attached hydrogens (tertiary/aromatic N) is 3. The molecule has 2 atom stereocenters. The van der Waals surface area contributed by atoms with E-state index in [1.807, 2.05) is 48.5 Å². The van der Waals surface area contributed by atoms with Crippen molar-refractivity contribution in [2.45, 2.75) is 64.1 Å². The minimum Gasteiger partial charge on any atom is -0.378 e. The number of morpholine rings is 3. The van der Waals surface area contributed by atoms with Crippen LogP contribution in [0.15, 0.2) is 146 Å². The Bertz CT molecular complexity index is 3110. The Hall–Kier alpha value is -5.15. The van der Waals surface area contributed by atoms with Crippen LogP contribution in [0.25, 0.3) is 22.5 Å². The molecule has 4 fully saturated rings. The van der Waals surface area contributed by atoms with E-state index in [4.69, 9.17) is 25.8 Å². The van der Waals surface area contributed by atoms with Crippen molar-refractivity contribution in [3.8, 4) is 22.5 Å². The van der Waals surface area contributed by atoms with E-state index in [1.54, 1.807) is 59.2 Å². The van der Waals surface area contributed by atoms with Gasteiger partial charge in [0.1, 0.15) is 5.88 Å². The number of aromatic nitrogens is 2. The van der Waals surface area contributed by atoms with Crippen LogP contribution in [-0.2, 0) is 23.8 Å². The van der Waals surface area contributed by atoms with Gasteiger partial charge in [-0.1, -0.05) is 71.3 Å². The van der Waals surface area contributed by atoms with E-state index >= 15 is 0 Å². The van der Waals surface area contributed by atoms with Crippen molar-refractivity contribution in [1.29, 1.82) is 0 Å². The van der Waals surface area contributed by atoms with Crippen molar-refractivity contribution in [3.63, 3.8) is 0 Å². The fourth-order valence-corrected chi connectivity index (χ4v) is 14.6. The maximum absolute atomic E-state index is 12.9. The predicted octanol–water partition coefficient (Wildman–Crippen LogP) is 8.97. The molecular weight excluding hydrogens is 998 g/mol. The summed E-state index contributed by atoms with van der Waals surface area (Å²) in [6, 6.07) is 32.5. The zero-order valence-electron chi connectivity index (χ0n) is 38.5. The van der Waals surface area contributed by atoms with E-state index in [0.717, 1.165) is 137 Å². The molecule has 0 radical (unpaired) electrons. The van der Waals surface area contributed by atoms with Crippen LogP contribution in [0.4, 0.5) is 22.7 Å². The van der Waals surface area contributed by atoms with Gasteiger partial charge in [-0.05, 0) is 73.5 Å². The van der Waals surface area contributed by atoms with Gasteiger partial charge in [0.05, 0.1) is 57.6 Å². The number of H-pyrrole nitrogens is 2. The largest absolute Gasteiger partial charge is 0.378 e. The first-order valence-corrected chi connectivity index (χ1v) is 27.4. The maximum Gasteiger partial charge on any atom is 0.250 e. The molecule has 2 aromatic heterocycles. The number of ether oxygens (including phenoxy) is 3. The van der Waals surface area contributed by atoms with Gasteiger partial charge in [0.25, 0.3) is 0 Å². The number of aromatic amines is 2. The highest BCUT2D eigenvalue weighted by Crippen LogP contribution is 2.53. The third kappa shape index (κ3) is 10.8. The van der Waals surface area contributed by atoms with Crippen molar-refractivity contribution in [1.82, 2.24) is 14.9 Å². The molecule has 366 valence electrons. The number of benzene rings is 4. The highest BCUT2D eigenvalue weighted by molar-refractivity contribution is 8.05. The second kappa shape index (κ2) is 21.5. The predicted molar refractivity (Wildman–Crippen MR) is 283 cm³/mol. The summed E-state index contributed by atoms with van der Waals surface area (Å²) in [5, 5.41) is 5.92. The average Bonchev–Trinajstić information content (AvgIpc) is 3.58. The van der Waals surface area contributed by atoms with Crippen molar-refractivity contribution in [2.24, 2.45) is 0 Å². The third-order valence-corrected chi connectivity index (χ3v) is 18.5. The van der Waals surface area contributed by atoms with Gasteiger partial charge >= 0.3 is 0 Å². The summed E-state index contributed by atoms with van der Waals surface area (Å²) >= 11 is 12.3. The van der Waals surface area contributed by atoms with Crippen LogP contribution in [0.1, 0.15) is 12.8 Å². The Morgan fingerprint density at radius 2 is 1.04 bits per heavy atom. The van der Waals surface area contributed by atoms with Crippen LogP contribution >= 0.6 is 58.6 Å². The van der Waals surface area contributed by atoms with Crippen molar-refractivity contribution >= 4 is 93.2 Å². The van der Waals surface area contributed by atoms with Crippen LogP contribution in [0.2, 0.25) is 0 Å². The lowest BCUT2D eigenvalue weighted by Gasteiger charge is -2.33. The van der Waals surface area contributed by atoms with Gasteiger partial charge in [0, 0.05) is 123 Å². The fourth-order valence-electron chi connectivity index (χ4n) is 9.67. The van der Waals surface area contributed by atoms with Gasteiger partial charge < -0.3 is 44.6 Å². The van der Waals surface area contributed by atoms with Crippen LogP contribution in [0.5, 0.6) is 0 Å². The molecule has 12 rings (SSSR count). The monoisotopic (exact) mass is 1050 g/mol. The number of halogens is 1. The van der Waals surface area contributed by atoms with Gasteiger partial charge in [-0.2, -0.15) is 0 Å². The summed E-state index contributed by atoms with van der Waals surface area (Å²) in [6.07, 6.45) is 2.22. The number of amides is 2. The summed E-state index contributed by atoms with van der Waals surface area (Å²) in [5.41, 5.74) is 6.79. The summed E-state index contributed by atoms with van der Waals surface area (Å²) < 4.78 is 16.6. The first-order valence-electron chi connectivity index (χ1n) is 23.6. The molecule has 2 bridgehead atoms. The minimum atomic E-state index is -0.230. The first-order chi connectivity index (χ1) is 34.7. The third-order valence-electron chi connectivity index (χ3n) is 13.1. The number of anilines is 4. The molecule has 4 N–H and O–H groups in total. The molecule has 6 aliphatic rings. The van der Waals surface area contributed by atoms with Gasteiger partial charge in [0.15, 0.2) is 0 Å². The van der Waals surface area contributed by atoms with Crippen molar-refractivity contribution in [2.75, 3.05) is 98.7 Å². The normalized spacial score (nSPS) is 19.1. The fraction of sp³-hybridized carbons (Fsp3) is 0.308. The summed E-state index contributed by atoms with van der Waals surface area (Å²) in [5.74, 6) is -0.284. The molecular formula is C52H50ClN7O7S4. The summed E-state index contributed by atoms with van der Waals surface area (Å²) in [4.78, 5) is 71.3. The highest BCUT2D eigenvalue weighted by atomic mass is 35.5. The Labute approximate surface area is 432 Å². The molecule has 2 amide bonds. The Kier molecular flexibility index (Phi) is 14.6. The van der Waals surface area contributed by atoms with E-state index in [1.165, 1.54) is 0 Å². The van der Waals surface area contributed by atoms with E-state index in [-0.39, 0.29) is 28.8 Å². The second-order valence-electron chi connectivity index (χ2n) is 17.8. The lowest BCUT2D eigenvalue weighted by Crippen LogP contribution is -2.48. The van der Waals surface area contributed by atoms with E-state index in [2.05, 4.69) is 71.7 Å². The smallest absolute Gasteiger partial charge is 0.250 e. The van der Waals surface area contributed by atoms with E-state index in [9.17, 15) is 19.2 Å². The summed E-state index contributed by atoms with van der Waals surface area (Å²) in [7, 11) is 0. The molecule has 0 aliphatic carbocycles. The van der Waals surface area contributed by atoms with Crippen LogP contribution in [-0.4, -0.2) is 117 Å². The maximum atomic E-state index is 12.9. The second-order valence-corrected chi connectivity index (χ2v) is 22.3. The highest BCUT2D eigenvalue weighted by Gasteiger charge is 2.38. The molecule has 4 aromatic carbocycles. The Balaban J connectivity index is 0.000000157. The number of carbonyl (C=O) groups excluding carboxylic acids is 2. The number of pyridine rings is 2. The topological polar surface area (TPSA) is 161 Å². The number of fused-ring (bicyclic) bond motifs is 6. The number of hydrogen-bond acceptors (Lipinski definition) is 14. The lowest BCUT2D eigenvalue weighted by molar-refractivity contribution is -0.120. The quantitative estimate of drug-likeness (QED) is 0.101. The lowest BCUT2D eigenvalue weighted by atomic mass is 10.1. The molecule has 19 heteroatoms. The van der Waals surface area contributed by atoms with Crippen LogP contribution in [0.3, 0.4) is 0 Å². The van der Waals surface area contributed by atoms with Crippen LogP contribution < -0.4 is 31.6 Å². The Morgan fingerprint density at radius 1 is 0.563 bits per heavy atom.